The maximum absolute atomic E-state index is 11.7. The molecule has 0 bridgehead atoms. The van der Waals surface area contributed by atoms with E-state index in [9.17, 15) is 13.9 Å². The van der Waals surface area contributed by atoms with Crippen LogP contribution in [0.3, 0.4) is 0 Å². The Labute approximate surface area is 108 Å². The summed E-state index contributed by atoms with van der Waals surface area (Å²) in [5.41, 5.74) is 5.41. The molecule has 0 unspecified atom stereocenters. The van der Waals surface area contributed by atoms with Gasteiger partial charge in [-0.05, 0) is 6.42 Å². The quantitative estimate of drug-likeness (QED) is 0.209. The molecular formula is C6H17N3O8P2. The lowest BCUT2D eigenvalue weighted by Gasteiger charge is -2.25. The lowest BCUT2D eigenvalue weighted by Crippen LogP contribution is -2.45. The van der Waals surface area contributed by atoms with Gasteiger partial charge in [0.2, 0.25) is 5.91 Å². The van der Waals surface area contributed by atoms with Crippen molar-refractivity contribution >= 4 is 21.1 Å². The van der Waals surface area contributed by atoms with E-state index in [1.165, 1.54) is 0 Å². The molecule has 1 amide bonds. The van der Waals surface area contributed by atoms with E-state index in [1.54, 1.807) is 0 Å². The summed E-state index contributed by atoms with van der Waals surface area (Å²) in [6.45, 7) is -0.0907. The van der Waals surface area contributed by atoms with Gasteiger partial charge in [0.15, 0.2) is 0 Å². The molecule has 8 N–H and O–H groups in total. The van der Waals surface area contributed by atoms with Crippen LogP contribution in [0.15, 0.2) is 0 Å². The lowest BCUT2D eigenvalue weighted by atomic mass is 10.2. The van der Waals surface area contributed by atoms with Crippen molar-refractivity contribution in [2.75, 3.05) is 19.2 Å². The van der Waals surface area contributed by atoms with Gasteiger partial charge in [0.25, 0.3) is 0 Å². The fourth-order valence-electron chi connectivity index (χ4n) is 1.18. The van der Waals surface area contributed by atoms with E-state index in [4.69, 9.17) is 31.2 Å². The van der Waals surface area contributed by atoms with Crippen molar-refractivity contribution in [3.63, 3.8) is 0 Å². The van der Waals surface area contributed by atoms with Crippen molar-refractivity contribution < 1.29 is 38.3 Å². The van der Waals surface area contributed by atoms with Gasteiger partial charge in [0, 0.05) is 0 Å². The van der Waals surface area contributed by atoms with Gasteiger partial charge in [0.1, 0.15) is 12.6 Å². The van der Waals surface area contributed by atoms with E-state index in [1.807, 2.05) is 0 Å². The van der Waals surface area contributed by atoms with Crippen LogP contribution in [0.4, 0.5) is 0 Å². The molecule has 0 saturated carbocycles. The van der Waals surface area contributed by atoms with E-state index < -0.39 is 39.7 Å². The molecule has 13 heteroatoms. The molecule has 0 aromatic carbocycles. The minimum Gasteiger partial charge on any atom is -0.323 e. The molecule has 19 heavy (non-hydrogen) atoms. The second-order valence-corrected chi connectivity index (χ2v) is 6.98. The Morgan fingerprint density at radius 3 is 1.89 bits per heavy atom. The zero-order valence-electron chi connectivity index (χ0n) is 9.82. The van der Waals surface area contributed by atoms with E-state index in [2.05, 4.69) is 4.84 Å². The summed E-state index contributed by atoms with van der Waals surface area (Å²) in [7, 11) is -9.35. The normalized spacial score (nSPS) is 14.2. The van der Waals surface area contributed by atoms with Crippen LogP contribution in [-0.4, -0.2) is 55.6 Å². The van der Waals surface area contributed by atoms with Crippen LogP contribution >= 0.6 is 15.2 Å². The Morgan fingerprint density at radius 2 is 1.58 bits per heavy atom. The molecule has 0 aromatic rings. The van der Waals surface area contributed by atoms with Crippen LogP contribution in [0.25, 0.3) is 0 Å². The number of carbonyl (C=O) groups excluding carboxylic acids is 1. The van der Waals surface area contributed by atoms with Crippen molar-refractivity contribution in [2.24, 2.45) is 11.6 Å². The fourth-order valence-corrected chi connectivity index (χ4v) is 2.71. The van der Waals surface area contributed by atoms with Gasteiger partial charge in [-0.1, -0.05) is 0 Å². The van der Waals surface area contributed by atoms with E-state index in [0.29, 0.717) is 4.90 Å². The first-order valence-corrected chi connectivity index (χ1v) is 8.51. The van der Waals surface area contributed by atoms with E-state index in [-0.39, 0.29) is 13.0 Å². The minimum atomic E-state index is -4.68. The Hall–Kier alpha value is -0.350. The van der Waals surface area contributed by atoms with Gasteiger partial charge < -0.3 is 35.0 Å². The van der Waals surface area contributed by atoms with Gasteiger partial charge in [-0.2, -0.15) is 0 Å². The molecule has 0 aliphatic rings. The third kappa shape index (κ3) is 9.22. The number of amides is 1. The van der Waals surface area contributed by atoms with Crippen molar-refractivity contribution in [1.29, 1.82) is 0 Å². The molecule has 0 rings (SSSR count). The largest absolute Gasteiger partial charge is 0.344 e. The zero-order chi connectivity index (χ0) is 15.3. The summed E-state index contributed by atoms with van der Waals surface area (Å²) in [5, 5.41) is 0. The highest BCUT2D eigenvalue weighted by molar-refractivity contribution is 7.52. The standard InChI is InChI=1S/C6H17N3O8P2/c7-5(1-2-17-8)6(10)9(3-18(11,12)13)4-19(14,15)16/h5H,1-4,7-8H2,(H2,11,12,13)(H2,14,15,16)/t5-/m0/s1. The topological polar surface area (TPSA) is 197 Å². The number of hydrogen-bond donors (Lipinski definition) is 6. The number of nitrogens with zero attached hydrogens (tertiary/aromatic N) is 1. The third-order valence-corrected chi connectivity index (χ3v) is 3.31. The van der Waals surface area contributed by atoms with Crippen LogP contribution in [0.5, 0.6) is 0 Å². The van der Waals surface area contributed by atoms with Crippen LogP contribution in [-0.2, 0) is 18.8 Å². The second-order valence-electron chi connectivity index (χ2n) is 3.76. The van der Waals surface area contributed by atoms with Gasteiger partial charge in [0.05, 0.1) is 12.6 Å². The number of hydrogen-bond acceptors (Lipinski definition) is 6. The summed E-state index contributed by atoms with van der Waals surface area (Å²) in [5.74, 6) is 3.72. The maximum atomic E-state index is 11.7. The molecule has 0 radical (unpaired) electrons. The van der Waals surface area contributed by atoms with Crippen molar-refractivity contribution in [2.45, 2.75) is 12.5 Å². The van der Waals surface area contributed by atoms with Gasteiger partial charge in [-0.3, -0.25) is 13.9 Å². The molecule has 11 nitrogen and oxygen atoms in total. The summed E-state index contributed by atoms with van der Waals surface area (Å²) >= 11 is 0. The number of rotatable bonds is 8. The Balaban J connectivity index is 4.87. The smallest absolute Gasteiger partial charge is 0.323 e. The fraction of sp³-hybridized carbons (Fsp3) is 0.833. The average Bonchev–Trinajstić information content (AvgIpc) is 2.19. The summed E-state index contributed by atoms with van der Waals surface area (Å²) in [6, 6.07) is -1.23. The Morgan fingerprint density at radius 1 is 1.16 bits per heavy atom. The number of nitrogens with two attached hydrogens (primary N) is 2. The summed E-state index contributed by atoms with van der Waals surface area (Å²) < 4.78 is 21.7. The van der Waals surface area contributed by atoms with Crippen LogP contribution in [0, 0.1) is 0 Å². The van der Waals surface area contributed by atoms with Crippen molar-refractivity contribution in [3.05, 3.63) is 0 Å². The lowest BCUT2D eigenvalue weighted by molar-refractivity contribution is -0.131. The molecule has 0 aliphatic heterocycles. The molecule has 114 valence electrons. The molecule has 0 saturated heterocycles. The van der Waals surface area contributed by atoms with Crippen molar-refractivity contribution in [3.8, 4) is 0 Å². The third-order valence-electron chi connectivity index (χ3n) is 1.89. The van der Waals surface area contributed by atoms with Crippen LogP contribution in [0.1, 0.15) is 6.42 Å². The Kier molecular flexibility index (Phi) is 7.30. The first kappa shape index (κ1) is 18.7. The van der Waals surface area contributed by atoms with E-state index >= 15 is 0 Å². The number of carbonyl (C=O) groups is 1. The predicted octanol–water partition coefficient (Wildman–Crippen LogP) is -2.31. The highest BCUT2D eigenvalue weighted by Crippen LogP contribution is 2.40. The van der Waals surface area contributed by atoms with Gasteiger partial charge in [-0.15, -0.1) is 0 Å². The second kappa shape index (κ2) is 7.44. The molecule has 0 aromatic heterocycles. The first-order chi connectivity index (χ1) is 8.46. The highest BCUT2D eigenvalue weighted by Gasteiger charge is 2.31. The summed E-state index contributed by atoms with van der Waals surface area (Å²) in [6.07, 6.45) is -2.32. The van der Waals surface area contributed by atoms with Gasteiger partial charge in [-0.25, -0.2) is 5.90 Å². The zero-order valence-corrected chi connectivity index (χ0v) is 11.6. The molecule has 0 spiro atoms. The van der Waals surface area contributed by atoms with E-state index in [0.717, 1.165) is 0 Å². The maximum Gasteiger partial charge on any atom is 0.344 e. The minimum absolute atomic E-state index is 0.0614. The SMILES string of the molecule is NOCC[C@H](N)C(=O)N(CP(=O)(O)O)CP(=O)(O)O. The molecule has 0 aliphatic carbocycles. The average molecular weight is 321 g/mol. The Bertz CT molecular complexity index is 368. The summed E-state index contributed by atoms with van der Waals surface area (Å²) in [4.78, 5) is 51.3. The van der Waals surface area contributed by atoms with Crippen molar-refractivity contribution in [1.82, 2.24) is 4.90 Å². The molecule has 0 heterocycles. The molecular weight excluding hydrogens is 304 g/mol. The molecule has 0 fully saturated rings. The highest BCUT2D eigenvalue weighted by atomic mass is 31.2. The predicted molar refractivity (Wildman–Crippen MR) is 63.4 cm³/mol. The van der Waals surface area contributed by atoms with Crippen LogP contribution in [0.2, 0.25) is 0 Å². The first-order valence-electron chi connectivity index (χ1n) is 4.91. The van der Waals surface area contributed by atoms with Gasteiger partial charge >= 0.3 is 15.2 Å². The monoisotopic (exact) mass is 321 g/mol. The van der Waals surface area contributed by atoms with Crippen LogP contribution < -0.4 is 11.6 Å². The molecule has 1 atom stereocenters.